The molecule has 2 fully saturated rings. The molecule has 0 N–H and O–H groups in total. The number of methoxy groups -OCH3 is 1. The van der Waals surface area contributed by atoms with E-state index >= 15 is 0 Å². The van der Waals surface area contributed by atoms with Gasteiger partial charge in [-0.25, -0.2) is 0 Å². The summed E-state index contributed by atoms with van der Waals surface area (Å²) in [4.78, 5) is 0. The number of halogens is 1. The van der Waals surface area contributed by atoms with Crippen molar-refractivity contribution in [3.8, 4) is 5.75 Å². The zero-order chi connectivity index (χ0) is 14.6. The Morgan fingerprint density at radius 2 is 2.05 bits per heavy atom. The molecule has 2 heteroatoms. The molecule has 0 bridgehead atoms. The van der Waals surface area contributed by atoms with Gasteiger partial charge in [0.15, 0.2) is 0 Å². The van der Waals surface area contributed by atoms with E-state index in [1.54, 1.807) is 18.2 Å². The summed E-state index contributed by atoms with van der Waals surface area (Å²) in [5.74, 6) is 3.75. The summed E-state index contributed by atoms with van der Waals surface area (Å²) in [6.45, 7) is 2.58. The van der Waals surface area contributed by atoms with Crippen LogP contribution >= 0.6 is 22.6 Å². The molecule has 3 aliphatic rings. The van der Waals surface area contributed by atoms with E-state index in [1.165, 1.54) is 38.5 Å². The van der Waals surface area contributed by atoms with E-state index in [9.17, 15) is 0 Å². The van der Waals surface area contributed by atoms with E-state index in [2.05, 4.69) is 47.7 Å². The molecule has 21 heavy (non-hydrogen) atoms. The molecule has 2 saturated carbocycles. The van der Waals surface area contributed by atoms with Gasteiger partial charge in [0.05, 0.1) is 7.11 Å². The van der Waals surface area contributed by atoms with Crippen molar-refractivity contribution in [3.05, 3.63) is 29.3 Å². The molecule has 0 aliphatic heterocycles. The van der Waals surface area contributed by atoms with Crippen molar-refractivity contribution < 1.29 is 4.74 Å². The Morgan fingerprint density at radius 3 is 2.86 bits per heavy atom. The minimum Gasteiger partial charge on any atom is -0.497 e. The first-order valence-electron chi connectivity index (χ1n) is 8.44. The molecule has 1 aromatic rings. The molecule has 5 atom stereocenters. The predicted molar refractivity (Wildman–Crippen MR) is 95.4 cm³/mol. The summed E-state index contributed by atoms with van der Waals surface area (Å²) in [5, 5.41) is 0. The minimum atomic E-state index is 0.617. The van der Waals surface area contributed by atoms with Gasteiger partial charge in [0.2, 0.25) is 0 Å². The molecule has 0 saturated heterocycles. The third-order valence-corrected chi connectivity index (χ3v) is 8.86. The molecular formula is C19H25IO. The Hall–Kier alpha value is -0.250. The first kappa shape index (κ1) is 14.3. The Morgan fingerprint density at radius 1 is 1.19 bits per heavy atom. The summed E-state index contributed by atoms with van der Waals surface area (Å²) < 4.78 is 6.32. The van der Waals surface area contributed by atoms with Crippen LogP contribution in [0.2, 0.25) is 0 Å². The smallest absolute Gasteiger partial charge is 0.119 e. The van der Waals surface area contributed by atoms with Crippen LogP contribution in [0, 0.1) is 17.3 Å². The van der Waals surface area contributed by atoms with E-state index in [1.807, 2.05) is 0 Å². The van der Waals surface area contributed by atoms with Crippen LogP contribution in [-0.2, 0) is 6.42 Å². The van der Waals surface area contributed by atoms with Crippen molar-refractivity contribution >= 4 is 22.6 Å². The monoisotopic (exact) mass is 396 g/mol. The average Bonchev–Trinajstić information content (AvgIpc) is 2.82. The summed E-state index contributed by atoms with van der Waals surface area (Å²) in [5.41, 5.74) is 3.82. The number of rotatable bonds is 1. The van der Waals surface area contributed by atoms with Gasteiger partial charge in [-0.3, -0.25) is 0 Å². The number of hydrogen-bond acceptors (Lipinski definition) is 1. The molecule has 0 radical (unpaired) electrons. The van der Waals surface area contributed by atoms with Gasteiger partial charge in [-0.05, 0) is 85.0 Å². The molecule has 3 aliphatic carbocycles. The zero-order valence-electron chi connectivity index (χ0n) is 13.1. The van der Waals surface area contributed by atoms with Crippen molar-refractivity contribution in [1.82, 2.24) is 0 Å². The van der Waals surface area contributed by atoms with Gasteiger partial charge < -0.3 is 4.74 Å². The summed E-state index contributed by atoms with van der Waals surface area (Å²) in [7, 11) is 1.78. The Labute approximate surface area is 142 Å². The van der Waals surface area contributed by atoms with Crippen LogP contribution in [0.5, 0.6) is 5.75 Å². The Bertz CT molecular complexity index is 554. The van der Waals surface area contributed by atoms with Crippen LogP contribution < -0.4 is 4.74 Å². The average molecular weight is 396 g/mol. The maximum atomic E-state index is 5.41. The summed E-state index contributed by atoms with van der Waals surface area (Å²) in [6, 6.07) is 6.82. The maximum Gasteiger partial charge on any atom is 0.119 e. The highest BCUT2D eigenvalue weighted by Crippen LogP contribution is 2.62. The van der Waals surface area contributed by atoms with Crippen molar-refractivity contribution in [2.75, 3.05) is 7.11 Å². The third kappa shape index (κ3) is 2.08. The number of alkyl halides is 1. The Balaban J connectivity index is 1.68. The highest BCUT2D eigenvalue weighted by Gasteiger charge is 2.53. The Kier molecular flexibility index (Phi) is 3.51. The normalized spacial score (nSPS) is 41.1. The van der Waals surface area contributed by atoms with E-state index < -0.39 is 0 Å². The van der Waals surface area contributed by atoms with Gasteiger partial charge in [-0.2, -0.15) is 0 Å². The van der Waals surface area contributed by atoms with Gasteiger partial charge in [-0.15, -0.1) is 0 Å². The van der Waals surface area contributed by atoms with Gasteiger partial charge in [0, 0.05) is 3.92 Å². The van der Waals surface area contributed by atoms with Gasteiger partial charge in [0.1, 0.15) is 5.75 Å². The van der Waals surface area contributed by atoms with Crippen LogP contribution in [0.25, 0.3) is 0 Å². The highest BCUT2D eigenvalue weighted by atomic mass is 127. The molecule has 0 heterocycles. The quantitative estimate of drug-likeness (QED) is 0.459. The maximum absolute atomic E-state index is 5.41. The minimum absolute atomic E-state index is 0.617. The lowest BCUT2D eigenvalue weighted by atomic mass is 9.56. The number of benzene rings is 1. The van der Waals surface area contributed by atoms with Crippen LogP contribution in [0.4, 0.5) is 0 Å². The van der Waals surface area contributed by atoms with Gasteiger partial charge >= 0.3 is 0 Å². The highest BCUT2D eigenvalue weighted by molar-refractivity contribution is 14.1. The SMILES string of the molecule is COc1ccc2c(c1)CC[C@@H]1[C@H]3CC[C@H](I)[C@]3(C)CC[C@@H]21. The predicted octanol–water partition coefficient (Wildman–Crippen LogP) is 5.35. The molecular weight excluding hydrogens is 371 g/mol. The van der Waals surface area contributed by atoms with Crippen LogP contribution in [0.15, 0.2) is 18.2 Å². The summed E-state index contributed by atoms with van der Waals surface area (Å²) in [6.07, 6.45) is 8.40. The van der Waals surface area contributed by atoms with Crippen LogP contribution in [0.1, 0.15) is 56.1 Å². The number of hydrogen-bond donors (Lipinski definition) is 0. The lowest BCUT2D eigenvalue weighted by molar-refractivity contribution is 0.0654. The van der Waals surface area contributed by atoms with Crippen LogP contribution in [-0.4, -0.2) is 11.0 Å². The second-order valence-electron chi connectivity index (χ2n) is 7.57. The second-order valence-corrected chi connectivity index (χ2v) is 9.07. The van der Waals surface area contributed by atoms with Crippen LogP contribution in [0.3, 0.4) is 0 Å². The number of fused-ring (bicyclic) bond motifs is 5. The van der Waals surface area contributed by atoms with Gasteiger partial charge in [-0.1, -0.05) is 35.6 Å². The van der Waals surface area contributed by atoms with Gasteiger partial charge in [0.25, 0.3) is 0 Å². The largest absolute Gasteiger partial charge is 0.497 e. The molecule has 114 valence electrons. The van der Waals surface area contributed by atoms with E-state index in [4.69, 9.17) is 4.74 Å². The first-order valence-corrected chi connectivity index (χ1v) is 9.69. The standard InChI is InChI=1S/C19H25IO/c1-19-10-9-15-14-6-4-13(21-2)11-12(14)3-5-16(15)17(19)7-8-18(19)20/h4,6,11,15-18H,3,5,7-10H2,1-2H3/t15-,16-,17+,18-,19+/m0/s1. The van der Waals surface area contributed by atoms with Crippen molar-refractivity contribution in [1.29, 1.82) is 0 Å². The second kappa shape index (κ2) is 5.14. The topological polar surface area (TPSA) is 9.23 Å². The zero-order valence-corrected chi connectivity index (χ0v) is 15.2. The summed E-state index contributed by atoms with van der Waals surface area (Å²) >= 11 is 2.74. The van der Waals surface area contributed by atoms with Crippen molar-refractivity contribution in [2.45, 2.75) is 55.3 Å². The molecule has 4 rings (SSSR count). The molecule has 1 aromatic carbocycles. The number of aryl methyl sites for hydroxylation is 1. The lowest BCUT2D eigenvalue weighted by Crippen LogP contribution is -2.42. The molecule has 0 spiro atoms. The third-order valence-electron chi connectivity index (χ3n) is 6.82. The fourth-order valence-corrected chi connectivity index (χ4v) is 6.75. The molecule has 1 nitrogen and oxygen atoms in total. The fourth-order valence-electron chi connectivity index (χ4n) is 5.62. The molecule has 0 unspecified atom stereocenters. The van der Waals surface area contributed by atoms with Crippen molar-refractivity contribution in [3.63, 3.8) is 0 Å². The van der Waals surface area contributed by atoms with E-state index in [-0.39, 0.29) is 0 Å². The lowest BCUT2D eigenvalue weighted by Gasteiger charge is -2.50. The van der Waals surface area contributed by atoms with E-state index in [0.29, 0.717) is 5.41 Å². The molecule has 0 aromatic heterocycles. The van der Waals surface area contributed by atoms with E-state index in [0.717, 1.165) is 27.4 Å². The van der Waals surface area contributed by atoms with Crippen molar-refractivity contribution in [2.24, 2.45) is 17.3 Å². The number of ether oxygens (including phenoxy) is 1. The fraction of sp³-hybridized carbons (Fsp3) is 0.684. The molecule has 0 amide bonds. The first-order chi connectivity index (χ1) is 10.1.